The molecular weight excluding hydrogens is 263 g/mol. The maximum atomic E-state index is 13.0. The number of halogens is 2. The Kier molecular flexibility index (Phi) is 4.03. The summed E-state index contributed by atoms with van der Waals surface area (Å²) in [5.74, 6) is -0.237. The number of nitriles is 1. The highest BCUT2D eigenvalue weighted by atomic mass is 35.5. The molecule has 2 rings (SSSR count). The molecule has 0 aromatic heterocycles. The van der Waals surface area contributed by atoms with Gasteiger partial charge in [-0.3, -0.25) is 0 Å². The monoisotopic (exact) mass is 274 g/mol. The van der Waals surface area contributed by atoms with Crippen LogP contribution in [0.2, 0.25) is 5.02 Å². The van der Waals surface area contributed by atoms with E-state index in [0.29, 0.717) is 17.1 Å². The molecule has 0 unspecified atom stereocenters. The quantitative estimate of drug-likeness (QED) is 0.907. The lowest BCUT2D eigenvalue weighted by atomic mass is 10.1. The van der Waals surface area contributed by atoms with Crippen LogP contribution in [0.25, 0.3) is 0 Å². The van der Waals surface area contributed by atoms with Crippen LogP contribution in [0.1, 0.15) is 16.7 Å². The molecule has 0 fully saturated rings. The van der Waals surface area contributed by atoms with E-state index in [4.69, 9.17) is 16.9 Å². The maximum absolute atomic E-state index is 13.0. The molecule has 19 heavy (non-hydrogen) atoms. The molecule has 0 radical (unpaired) electrons. The summed E-state index contributed by atoms with van der Waals surface area (Å²) >= 11 is 5.86. The number of nitrogens with one attached hydrogen (secondary N) is 1. The van der Waals surface area contributed by atoms with Gasteiger partial charge in [0.25, 0.3) is 0 Å². The van der Waals surface area contributed by atoms with E-state index in [1.165, 1.54) is 12.1 Å². The van der Waals surface area contributed by atoms with Gasteiger partial charge >= 0.3 is 0 Å². The van der Waals surface area contributed by atoms with Crippen molar-refractivity contribution >= 4 is 17.3 Å². The molecular formula is C15H12ClFN2. The normalized spacial score (nSPS) is 10.0. The first-order valence-electron chi connectivity index (χ1n) is 5.78. The summed E-state index contributed by atoms with van der Waals surface area (Å²) in [4.78, 5) is 0. The summed E-state index contributed by atoms with van der Waals surface area (Å²) < 4.78 is 13.0. The Morgan fingerprint density at radius 3 is 2.74 bits per heavy atom. The number of nitrogens with zero attached hydrogens (tertiary/aromatic N) is 1. The molecule has 96 valence electrons. The second-order valence-electron chi connectivity index (χ2n) is 4.23. The molecule has 0 atom stereocenters. The molecule has 0 heterocycles. The molecule has 0 saturated carbocycles. The third-order valence-electron chi connectivity index (χ3n) is 2.87. The Hall–Kier alpha value is -2.05. The molecule has 2 aromatic carbocycles. The lowest BCUT2D eigenvalue weighted by molar-refractivity contribution is 0.625. The number of anilines is 1. The molecule has 1 N–H and O–H groups in total. The number of rotatable bonds is 3. The number of hydrogen-bond donors (Lipinski definition) is 1. The molecule has 0 spiro atoms. The highest BCUT2D eigenvalue weighted by Gasteiger charge is 2.03. The highest BCUT2D eigenvalue weighted by Crippen LogP contribution is 2.20. The van der Waals surface area contributed by atoms with Crippen molar-refractivity contribution in [1.82, 2.24) is 0 Å². The van der Waals surface area contributed by atoms with Crippen molar-refractivity contribution < 1.29 is 4.39 Å². The Balaban J connectivity index is 2.13. The summed E-state index contributed by atoms with van der Waals surface area (Å²) in [6.45, 7) is 2.43. The molecule has 2 nitrogen and oxygen atoms in total. The third kappa shape index (κ3) is 3.24. The minimum Gasteiger partial charge on any atom is -0.381 e. The van der Waals surface area contributed by atoms with Crippen LogP contribution in [0.3, 0.4) is 0 Å². The van der Waals surface area contributed by atoms with Crippen molar-refractivity contribution in [2.24, 2.45) is 0 Å². The molecule has 0 aliphatic heterocycles. The standard InChI is InChI=1S/C15H12ClFN2/c1-10-6-13(17)3-2-11(10)9-19-14-4-5-15(16)12(7-14)8-18/h2-7,19H,9H2,1H3. The maximum Gasteiger partial charge on any atom is 0.123 e. The van der Waals surface area contributed by atoms with Crippen LogP contribution < -0.4 is 5.32 Å². The fourth-order valence-electron chi connectivity index (χ4n) is 1.78. The van der Waals surface area contributed by atoms with E-state index in [2.05, 4.69) is 5.32 Å². The summed E-state index contributed by atoms with van der Waals surface area (Å²) in [7, 11) is 0. The van der Waals surface area contributed by atoms with E-state index in [1.807, 2.05) is 19.1 Å². The third-order valence-corrected chi connectivity index (χ3v) is 3.20. The minimum absolute atomic E-state index is 0.237. The lowest BCUT2D eigenvalue weighted by Crippen LogP contribution is -2.02. The van der Waals surface area contributed by atoms with Gasteiger partial charge in [0.15, 0.2) is 0 Å². The molecule has 0 aliphatic rings. The van der Waals surface area contributed by atoms with Gasteiger partial charge in [0.05, 0.1) is 10.6 Å². The van der Waals surface area contributed by atoms with E-state index in [9.17, 15) is 4.39 Å². The second-order valence-corrected chi connectivity index (χ2v) is 4.64. The highest BCUT2D eigenvalue weighted by molar-refractivity contribution is 6.31. The van der Waals surface area contributed by atoms with Gasteiger partial charge in [-0.2, -0.15) is 5.26 Å². The first-order valence-corrected chi connectivity index (χ1v) is 6.16. The van der Waals surface area contributed by atoms with Gasteiger partial charge < -0.3 is 5.32 Å². The summed E-state index contributed by atoms with van der Waals surface area (Å²) in [5, 5.41) is 12.5. The molecule has 0 amide bonds. The number of aryl methyl sites for hydroxylation is 1. The Morgan fingerprint density at radius 2 is 2.05 bits per heavy atom. The Bertz CT molecular complexity index is 647. The van der Waals surface area contributed by atoms with Crippen LogP contribution in [0.4, 0.5) is 10.1 Å². The predicted molar refractivity (Wildman–Crippen MR) is 74.6 cm³/mol. The van der Waals surface area contributed by atoms with Gasteiger partial charge in [-0.25, -0.2) is 4.39 Å². The van der Waals surface area contributed by atoms with Gasteiger partial charge in [-0.05, 0) is 48.4 Å². The molecule has 0 bridgehead atoms. The van der Waals surface area contributed by atoms with E-state index in [1.54, 1.807) is 18.2 Å². The zero-order valence-electron chi connectivity index (χ0n) is 10.4. The van der Waals surface area contributed by atoms with E-state index < -0.39 is 0 Å². The van der Waals surface area contributed by atoms with Gasteiger partial charge in [-0.15, -0.1) is 0 Å². The van der Waals surface area contributed by atoms with Gasteiger partial charge in [-0.1, -0.05) is 17.7 Å². The summed E-state index contributed by atoms with van der Waals surface area (Å²) in [6, 6.07) is 11.9. The molecule has 0 aliphatic carbocycles. The topological polar surface area (TPSA) is 35.8 Å². The predicted octanol–water partition coefficient (Wildman–Crippen LogP) is 4.27. The van der Waals surface area contributed by atoms with Crippen LogP contribution in [0, 0.1) is 24.1 Å². The van der Waals surface area contributed by atoms with Crippen molar-refractivity contribution in [3.63, 3.8) is 0 Å². The average molecular weight is 275 g/mol. The van der Waals surface area contributed by atoms with Crippen LogP contribution in [-0.4, -0.2) is 0 Å². The van der Waals surface area contributed by atoms with Crippen molar-refractivity contribution in [2.45, 2.75) is 13.5 Å². The first-order chi connectivity index (χ1) is 9.10. The SMILES string of the molecule is Cc1cc(F)ccc1CNc1ccc(Cl)c(C#N)c1. The molecule has 0 saturated heterocycles. The van der Waals surface area contributed by atoms with Crippen molar-refractivity contribution in [3.05, 3.63) is 63.9 Å². The van der Waals surface area contributed by atoms with E-state index >= 15 is 0 Å². The van der Waals surface area contributed by atoms with Crippen LogP contribution in [-0.2, 0) is 6.54 Å². The van der Waals surface area contributed by atoms with Crippen LogP contribution >= 0.6 is 11.6 Å². The van der Waals surface area contributed by atoms with E-state index in [0.717, 1.165) is 16.8 Å². The molecule has 4 heteroatoms. The zero-order valence-corrected chi connectivity index (χ0v) is 11.1. The Morgan fingerprint density at radius 1 is 1.26 bits per heavy atom. The zero-order chi connectivity index (χ0) is 13.8. The van der Waals surface area contributed by atoms with E-state index in [-0.39, 0.29) is 5.82 Å². The fraction of sp³-hybridized carbons (Fsp3) is 0.133. The first kappa shape index (κ1) is 13.4. The largest absolute Gasteiger partial charge is 0.381 e. The average Bonchev–Trinajstić information content (AvgIpc) is 2.39. The summed E-state index contributed by atoms with van der Waals surface area (Å²) in [6.07, 6.45) is 0. The summed E-state index contributed by atoms with van der Waals surface area (Å²) in [5.41, 5.74) is 3.14. The minimum atomic E-state index is -0.237. The van der Waals surface area contributed by atoms with Crippen LogP contribution in [0.15, 0.2) is 36.4 Å². The van der Waals surface area contributed by atoms with Gasteiger partial charge in [0.1, 0.15) is 11.9 Å². The second kappa shape index (κ2) is 5.73. The van der Waals surface area contributed by atoms with Crippen molar-refractivity contribution in [2.75, 3.05) is 5.32 Å². The van der Waals surface area contributed by atoms with Crippen molar-refractivity contribution in [3.8, 4) is 6.07 Å². The smallest absolute Gasteiger partial charge is 0.123 e. The van der Waals surface area contributed by atoms with Gasteiger partial charge in [0, 0.05) is 12.2 Å². The molecule has 2 aromatic rings. The number of hydrogen-bond acceptors (Lipinski definition) is 2. The van der Waals surface area contributed by atoms with Crippen LogP contribution in [0.5, 0.6) is 0 Å². The number of benzene rings is 2. The van der Waals surface area contributed by atoms with Crippen molar-refractivity contribution in [1.29, 1.82) is 5.26 Å². The van der Waals surface area contributed by atoms with Gasteiger partial charge in [0.2, 0.25) is 0 Å². The Labute approximate surface area is 116 Å². The lowest BCUT2D eigenvalue weighted by Gasteiger charge is -2.09. The fourth-order valence-corrected chi connectivity index (χ4v) is 1.94.